The van der Waals surface area contributed by atoms with Gasteiger partial charge in [0.1, 0.15) is 0 Å². The first-order valence-electron chi connectivity index (χ1n) is 3.64. The summed E-state index contributed by atoms with van der Waals surface area (Å²) in [6, 6.07) is 0. The molecule has 0 aliphatic rings. The number of hydrogen-bond acceptors (Lipinski definition) is 5. The molecule has 2 N–H and O–H groups in total. The topological polar surface area (TPSA) is 61.9 Å². The highest BCUT2D eigenvalue weighted by Gasteiger charge is 2.01. The summed E-state index contributed by atoms with van der Waals surface area (Å²) < 4.78 is 2.42. The summed E-state index contributed by atoms with van der Waals surface area (Å²) in [5, 5.41) is 20.2. The van der Waals surface area contributed by atoms with Crippen LogP contribution in [-0.4, -0.2) is 27.2 Å². The highest BCUT2D eigenvalue weighted by atomic mass is 79.9. The van der Waals surface area contributed by atoms with Crippen LogP contribution in [-0.2, 0) is 6.54 Å². The van der Waals surface area contributed by atoms with Gasteiger partial charge in [-0.25, -0.2) is 4.68 Å². The SMILES string of the molecule is Br.CCSc1nn(CCO)c(=N)s1. The molecule has 0 amide bonds. The average molecular weight is 286 g/mol. The number of rotatable bonds is 4. The van der Waals surface area contributed by atoms with Crippen LogP contribution >= 0.6 is 40.1 Å². The summed E-state index contributed by atoms with van der Waals surface area (Å²) >= 11 is 2.97. The van der Waals surface area contributed by atoms with E-state index in [1.54, 1.807) is 11.8 Å². The molecule has 0 saturated heterocycles. The van der Waals surface area contributed by atoms with Crippen molar-refractivity contribution < 1.29 is 5.11 Å². The van der Waals surface area contributed by atoms with E-state index in [2.05, 4.69) is 5.10 Å². The summed E-state index contributed by atoms with van der Waals surface area (Å²) in [4.78, 5) is 0.403. The molecule has 0 fully saturated rings. The van der Waals surface area contributed by atoms with Crippen molar-refractivity contribution in [2.45, 2.75) is 17.8 Å². The second kappa shape index (κ2) is 6.58. The van der Waals surface area contributed by atoms with Crippen molar-refractivity contribution in [1.82, 2.24) is 9.78 Å². The molecular formula is C6H12BrN3OS2. The molecule has 0 atom stereocenters. The van der Waals surface area contributed by atoms with Gasteiger partial charge in [-0.1, -0.05) is 30.0 Å². The van der Waals surface area contributed by atoms with Gasteiger partial charge in [-0.05, 0) is 5.75 Å². The van der Waals surface area contributed by atoms with Gasteiger partial charge in [-0.15, -0.1) is 17.0 Å². The van der Waals surface area contributed by atoms with Crippen LogP contribution in [0.4, 0.5) is 0 Å². The van der Waals surface area contributed by atoms with Crippen molar-refractivity contribution in [2.24, 2.45) is 0 Å². The molecule has 7 heteroatoms. The minimum absolute atomic E-state index is 0. The molecule has 0 aliphatic heterocycles. The van der Waals surface area contributed by atoms with Gasteiger partial charge in [-0.2, -0.15) is 5.10 Å². The summed E-state index contributed by atoms with van der Waals surface area (Å²) in [6.45, 7) is 2.50. The third-order valence-electron chi connectivity index (χ3n) is 1.20. The number of aliphatic hydroxyl groups excluding tert-OH is 1. The maximum absolute atomic E-state index is 8.64. The van der Waals surface area contributed by atoms with Gasteiger partial charge in [-0.3, -0.25) is 5.41 Å². The van der Waals surface area contributed by atoms with Crippen LogP contribution in [0, 0.1) is 5.41 Å². The lowest BCUT2D eigenvalue weighted by Gasteiger charge is -1.93. The third kappa shape index (κ3) is 3.80. The van der Waals surface area contributed by atoms with E-state index in [4.69, 9.17) is 10.5 Å². The Morgan fingerprint density at radius 2 is 2.38 bits per heavy atom. The smallest absolute Gasteiger partial charge is 0.201 e. The third-order valence-corrected chi connectivity index (χ3v) is 3.08. The van der Waals surface area contributed by atoms with E-state index in [1.807, 2.05) is 6.92 Å². The number of hydrogen-bond donors (Lipinski definition) is 2. The molecule has 1 aromatic rings. The Morgan fingerprint density at radius 3 is 2.92 bits per heavy atom. The van der Waals surface area contributed by atoms with E-state index in [1.165, 1.54) is 16.0 Å². The van der Waals surface area contributed by atoms with Crippen LogP contribution in [0.5, 0.6) is 0 Å². The number of nitrogens with zero attached hydrogens (tertiary/aromatic N) is 2. The zero-order chi connectivity index (χ0) is 8.97. The second-order valence-corrected chi connectivity index (χ2v) is 4.54. The molecule has 0 saturated carbocycles. The summed E-state index contributed by atoms with van der Waals surface area (Å²) in [7, 11) is 0. The maximum atomic E-state index is 8.64. The molecule has 1 heterocycles. The van der Waals surface area contributed by atoms with E-state index < -0.39 is 0 Å². The molecule has 0 aliphatic carbocycles. The number of thioether (sulfide) groups is 1. The van der Waals surface area contributed by atoms with Gasteiger partial charge >= 0.3 is 0 Å². The van der Waals surface area contributed by atoms with Crippen LogP contribution in [0.15, 0.2) is 4.34 Å². The minimum Gasteiger partial charge on any atom is -0.394 e. The number of aliphatic hydroxyl groups is 1. The van der Waals surface area contributed by atoms with Crippen LogP contribution < -0.4 is 4.80 Å². The monoisotopic (exact) mass is 285 g/mol. The fraction of sp³-hybridized carbons (Fsp3) is 0.667. The summed E-state index contributed by atoms with van der Waals surface area (Å²) in [5.41, 5.74) is 0. The molecule has 1 aromatic heterocycles. The summed E-state index contributed by atoms with van der Waals surface area (Å²) in [6.07, 6.45) is 0. The first kappa shape index (κ1) is 13.2. The Kier molecular flexibility index (Phi) is 6.66. The highest BCUT2D eigenvalue weighted by molar-refractivity contribution is 8.93. The predicted molar refractivity (Wildman–Crippen MR) is 59.8 cm³/mol. The van der Waals surface area contributed by atoms with E-state index in [0.717, 1.165) is 10.1 Å². The molecule has 4 nitrogen and oxygen atoms in total. The van der Waals surface area contributed by atoms with Gasteiger partial charge in [0.2, 0.25) is 4.80 Å². The molecule has 0 bridgehead atoms. The molecule has 0 spiro atoms. The fourth-order valence-corrected chi connectivity index (χ4v) is 2.50. The van der Waals surface area contributed by atoms with Gasteiger partial charge in [0, 0.05) is 0 Å². The molecule has 0 unspecified atom stereocenters. The molecule has 13 heavy (non-hydrogen) atoms. The van der Waals surface area contributed by atoms with E-state index in [9.17, 15) is 0 Å². The normalized spacial score (nSPS) is 9.69. The largest absolute Gasteiger partial charge is 0.394 e. The lowest BCUT2D eigenvalue weighted by atomic mass is 10.7. The first-order chi connectivity index (χ1) is 5.77. The Balaban J connectivity index is 0.00000144. The van der Waals surface area contributed by atoms with Gasteiger partial charge in [0.05, 0.1) is 13.2 Å². The predicted octanol–water partition coefficient (Wildman–Crippen LogP) is 1.11. The van der Waals surface area contributed by atoms with Gasteiger partial charge < -0.3 is 5.11 Å². The van der Waals surface area contributed by atoms with E-state index in [0.29, 0.717) is 11.3 Å². The zero-order valence-electron chi connectivity index (χ0n) is 7.19. The molecule has 0 aromatic carbocycles. The molecular weight excluding hydrogens is 274 g/mol. The zero-order valence-corrected chi connectivity index (χ0v) is 10.5. The Hall–Kier alpha value is 0.150. The van der Waals surface area contributed by atoms with Crippen molar-refractivity contribution in [3.63, 3.8) is 0 Å². The second-order valence-electron chi connectivity index (χ2n) is 2.05. The average Bonchev–Trinajstić information content (AvgIpc) is 2.34. The van der Waals surface area contributed by atoms with Crippen molar-refractivity contribution in [2.75, 3.05) is 12.4 Å². The lowest BCUT2D eigenvalue weighted by Crippen LogP contribution is -2.16. The first-order valence-corrected chi connectivity index (χ1v) is 5.44. The van der Waals surface area contributed by atoms with E-state index in [-0.39, 0.29) is 23.6 Å². The minimum atomic E-state index is 0. The molecule has 1 rings (SSSR count). The molecule has 76 valence electrons. The van der Waals surface area contributed by atoms with Gasteiger partial charge in [0.25, 0.3) is 0 Å². The van der Waals surface area contributed by atoms with E-state index >= 15 is 0 Å². The Labute approximate surface area is 95.3 Å². The van der Waals surface area contributed by atoms with Crippen molar-refractivity contribution in [3.05, 3.63) is 4.80 Å². The van der Waals surface area contributed by atoms with Crippen LogP contribution in [0.1, 0.15) is 6.92 Å². The number of aromatic nitrogens is 2. The van der Waals surface area contributed by atoms with Crippen LogP contribution in [0.3, 0.4) is 0 Å². The fourth-order valence-electron chi connectivity index (χ4n) is 0.728. The van der Waals surface area contributed by atoms with Crippen LogP contribution in [0.2, 0.25) is 0 Å². The van der Waals surface area contributed by atoms with Crippen molar-refractivity contribution in [1.29, 1.82) is 5.41 Å². The lowest BCUT2D eigenvalue weighted by molar-refractivity contribution is 0.266. The number of halogens is 1. The number of nitrogens with one attached hydrogen (secondary N) is 1. The van der Waals surface area contributed by atoms with Crippen molar-refractivity contribution in [3.8, 4) is 0 Å². The van der Waals surface area contributed by atoms with Crippen LogP contribution in [0.25, 0.3) is 0 Å². The standard InChI is InChI=1S/C6H11N3OS2.BrH/c1-2-11-6-8-9(3-4-10)5(7)12-6;/h7,10H,2-4H2,1H3;1H. The maximum Gasteiger partial charge on any atom is 0.201 e. The highest BCUT2D eigenvalue weighted by Crippen LogP contribution is 2.16. The Morgan fingerprint density at radius 1 is 1.69 bits per heavy atom. The molecule has 0 radical (unpaired) electrons. The Bertz CT molecular complexity index is 298. The van der Waals surface area contributed by atoms with Gasteiger partial charge in [0.15, 0.2) is 4.34 Å². The summed E-state index contributed by atoms with van der Waals surface area (Å²) in [5.74, 6) is 0.964. The van der Waals surface area contributed by atoms with Crippen molar-refractivity contribution >= 4 is 40.1 Å². The quantitative estimate of drug-likeness (QED) is 0.815.